The molecule has 0 saturated carbocycles. The molecule has 5 nitrogen and oxygen atoms in total. The summed E-state index contributed by atoms with van der Waals surface area (Å²) < 4.78 is 1.57. The van der Waals surface area contributed by atoms with Crippen molar-refractivity contribution < 1.29 is 9.90 Å². The summed E-state index contributed by atoms with van der Waals surface area (Å²) in [6.07, 6.45) is 4.44. The molecule has 0 unspecified atom stereocenters. The fraction of sp³-hybridized carbons (Fsp3) is 0.125. The summed E-state index contributed by atoms with van der Waals surface area (Å²) in [7, 11) is 0. The number of hydrogen-bond donors (Lipinski definition) is 1. The fourth-order valence-corrected chi connectivity index (χ4v) is 1.33. The Hall–Kier alpha value is -1.62. The Balaban J connectivity index is 2.55. The van der Waals surface area contributed by atoms with E-state index in [0.717, 1.165) is 0 Å². The lowest BCUT2D eigenvalue weighted by atomic mass is 10.3. The Labute approximate surface area is 84.0 Å². The fourth-order valence-electron chi connectivity index (χ4n) is 1.18. The first-order valence-corrected chi connectivity index (χ1v) is 4.24. The van der Waals surface area contributed by atoms with Gasteiger partial charge in [-0.2, -0.15) is 0 Å². The molecule has 1 N–H and O–H groups in total. The van der Waals surface area contributed by atoms with Crippen LogP contribution in [-0.4, -0.2) is 25.4 Å². The largest absolute Gasteiger partial charge is 0.481 e. The first kappa shape index (κ1) is 8.96. The molecule has 0 spiro atoms. The van der Waals surface area contributed by atoms with E-state index in [1.807, 2.05) is 0 Å². The number of halogens is 1. The predicted octanol–water partition coefficient (Wildman–Crippen LogP) is 1.01. The van der Waals surface area contributed by atoms with Gasteiger partial charge in [-0.25, -0.2) is 9.97 Å². The molecule has 0 aliphatic heterocycles. The molecular weight excluding hydrogens is 206 g/mol. The molecule has 0 fully saturated rings. The summed E-state index contributed by atoms with van der Waals surface area (Å²) in [5.74, 6) is -0.461. The maximum absolute atomic E-state index is 10.5. The average molecular weight is 212 g/mol. The zero-order valence-corrected chi connectivity index (χ0v) is 7.77. The van der Waals surface area contributed by atoms with Crippen LogP contribution in [0.3, 0.4) is 0 Å². The Morgan fingerprint density at radius 1 is 1.50 bits per heavy atom. The van der Waals surface area contributed by atoms with Crippen LogP contribution in [0.15, 0.2) is 18.6 Å². The number of aliphatic carboxylic acids is 1. The van der Waals surface area contributed by atoms with Crippen LogP contribution >= 0.6 is 11.6 Å². The third kappa shape index (κ3) is 1.54. The van der Waals surface area contributed by atoms with Crippen molar-refractivity contribution >= 4 is 23.3 Å². The van der Waals surface area contributed by atoms with Crippen molar-refractivity contribution in [2.45, 2.75) is 6.42 Å². The average Bonchev–Trinajstić information content (AvgIpc) is 2.47. The zero-order valence-electron chi connectivity index (χ0n) is 7.01. The van der Waals surface area contributed by atoms with Gasteiger partial charge in [-0.3, -0.25) is 9.20 Å². The van der Waals surface area contributed by atoms with Gasteiger partial charge in [-0.15, -0.1) is 0 Å². The lowest BCUT2D eigenvalue weighted by Gasteiger charge is -1.97. The number of carboxylic acid groups (broad SMARTS) is 1. The Morgan fingerprint density at radius 3 is 2.93 bits per heavy atom. The first-order valence-electron chi connectivity index (χ1n) is 3.86. The topological polar surface area (TPSA) is 67.5 Å². The van der Waals surface area contributed by atoms with Gasteiger partial charge in [-0.05, 0) is 0 Å². The van der Waals surface area contributed by atoms with E-state index < -0.39 is 5.97 Å². The minimum Gasteiger partial charge on any atom is -0.481 e. The lowest BCUT2D eigenvalue weighted by molar-refractivity contribution is -0.136. The summed E-state index contributed by atoms with van der Waals surface area (Å²) in [5.41, 5.74) is 0.558. The normalized spacial score (nSPS) is 10.6. The smallest absolute Gasteiger partial charge is 0.309 e. The van der Waals surface area contributed by atoms with Crippen molar-refractivity contribution in [1.29, 1.82) is 0 Å². The van der Waals surface area contributed by atoms with Crippen molar-refractivity contribution in [2.24, 2.45) is 0 Å². The molecule has 2 aromatic rings. The molecule has 14 heavy (non-hydrogen) atoms. The summed E-state index contributed by atoms with van der Waals surface area (Å²) in [4.78, 5) is 18.4. The second-order valence-electron chi connectivity index (χ2n) is 2.76. The molecule has 6 heteroatoms. The minimum absolute atomic E-state index is 0.0941. The molecule has 0 radical (unpaired) electrons. The van der Waals surface area contributed by atoms with Crippen LogP contribution in [0.1, 0.15) is 5.69 Å². The van der Waals surface area contributed by atoms with E-state index >= 15 is 0 Å². The van der Waals surface area contributed by atoms with Crippen LogP contribution in [0, 0.1) is 0 Å². The second kappa shape index (κ2) is 3.26. The monoisotopic (exact) mass is 211 g/mol. The van der Waals surface area contributed by atoms with Crippen molar-refractivity contribution in [2.75, 3.05) is 0 Å². The molecule has 2 heterocycles. The van der Waals surface area contributed by atoms with Crippen LogP contribution < -0.4 is 0 Å². The highest BCUT2D eigenvalue weighted by atomic mass is 35.5. The molecule has 0 aromatic carbocycles. The number of hydrogen-bond acceptors (Lipinski definition) is 3. The summed E-state index contributed by atoms with van der Waals surface area (Å²) in [5, 5.41) is 9.07. The van der Waals surface area contributed by atoms with E-state index in [2.05, 4.69) is 9.97 Å². The van der Waals surface area contributed by atoms with Crippen molar-refractivity contribution in [3.05, 3.63) is 29.3 Å². The van der Waals surface area contributed by atoms with E-state index in [9.17, 15) is 4.79 Å². The van der Waals surface area contributed by atoms with Gasteiger partial charge in [0.15, 0.2) is 0 Å². The standard InChI is InChI=1S/C8H6ClN3O2/c9-5-2-10-8-11-3-6(1-7(13)14)12(8)4-5/h2-4H,1H2,(H,13,14). The Bertz CT molecular complexity index is 494. The molecule has 0 saturated heterocycles. The zero-order chi connectivity index (χ0) is 10.1. The highest BCUT2D eigenvalue weighted by Crippen LogP contribution is 2.10. The van der Waals surface area contributed by atoms with E-state index in [1.54, 1.807) is 10.6 Å². The highest BCUT2D eigenvalue weighted by molar-refractivity contribution is 6.30. The molecule has 0 amide bonds. The molecule has 72 valence electrons. The van der Waals surface area contributed by atoms with Crippen LogP contribution in [-0.2, 0) is 11.2 Å². The Morgan fingerprint density at radius 2 is 2.21 bits per heavy atom. The lowest BCUT2D eigenvalue weighted by Crippen LogP contribution is -2.03. The predicted molar refractivity (Wildman–Crippen MR) is 49.3 cm³/mol. The van der Waals surface area contributed by atoms with Crippen molar-refractivity contribution in [3.63, 3.8) is 0 Å². The van der Waals surface area contributed by atoms with Crippen LogP contribution in [0.5, 0.6) is 0 Å². The van der Waals surface area contributed by atoms with Crippen molar-refractivity contribution in [1.82, 2.24) is 14.4 Å². The van der Waals surface area contributed by atoms with Gasteiger partial charge in [-0.1, -0.05) is 11.6 Å². The number of imidazole rings is 1. The maximum atomic E-state index is 10.5. The van der Waals surface area contributed by atoms with E-state index in [1.165, 1.54) is 12.4 Å². The van der Waals surface area contributed by atoms with Crippen molar-refractivity contribution in [3.8, 4) is 0 Å². The first-order chi connectivity index (χ1) is 6.66. The number of fused-ring (bicyclic) bond motifs is 1. The summed E-state index contributed by atoms with van der Waals surface area (Å²) >= 11 is 5.73. The molecule has 0 atom stereocenters. The summed E-state index contributed by atoms with van der Waals surface area (Å²) in [6.45, 7) is 0. The van der Waals surface area contributed by atoms with Crippen LogP contribution in [0.4, 0.5) is 0 Å². The van der Waals surface area contributed by atoms with Crippen LogP contribution in [0.2, 0.25) is 5.02 Å². The molecule has 0 aliphatic rings. The van der Waals surface area contributed by atoms with Crippen LogP contribution in [0.25, 0.3) is 5.78 Å². The Kier molecular flexibility index (Phi) is 2.09. The second-order valence-corrected chi connectivity index (χ2v) is 3.20. The SMILES string of the molecule is O=C(O)Cc1cnc2ncc(Cl)cn12. The van der Waals surface area contributed by atoms with E-state index in [-0.39, 0.29) is 6.42 Å². The van der Waals surface area contributed by atoms with E-state index in [0.29, 0.717) is 16.5 Å². The molecule has 2 rings (SSSR count). The van der Waals surface area contributed by atoms with Gasteiger partial charge in [0.2, 0.25) is 5.78 Å². The van der Waals surface area contributed by atoms with Gasteiger partial charge in [0.25, 0.3) is 0 Å². The van der Waals surface area contributed by atoms with Gasteiger partial charge < -0.3 is 5.11 Å². The summed E-state index contributed by atoms with van der Waals surface area (Å²) in [6, 6.07) is 0. The molecule has 0 aliphatic carbocycles. The third-order valence-corrected chi connectivity index (χ3v) is 1.94. The minimum atomic E-state index is -0.910. The van der Waals surface area contributed by atoms with Gasteiger partial charge >= 0.3 is 5.97 Å². The molecule has 2 aromatic heterocycles. The van der Waals surface area contributed by atoms with Gasteiger partial charge in [0.1, 0.15) is 0 Å². The maximum Gasteiger partial charge on any atom is 0.309 e. The number of aromatic nitrogens is 3. The van der Waals surface area contributed by atoms with Gasteiger partial charge in [0, 0.05) is 6.20 Å². The highest BCUT2D eigenvalue weighted by Gasteiger charge is 2.07. The number of nitrogens with zero attached hydrogens (tertiary/aromatic N) is 3. The van der Waals surface area contributed by atoms with E-state index in [4.69, 9.17) is 16.7 Å². The third-order valence-electron chi connectivity index (χ3n) is 1.74. The number of rotatable bonds is 2. The quantitative estimate of drug-likeness (QED) is 0.805. The molecular formula is C8H6ClN3O2. The van der Waals surface area contributed by atoms with Gasteiger partial charge in [0.05, 0.1) is 29.5 Å². The number of carboxylic acids is 1. The molecule has 0 bridgehead atoms. The number of carbonyl (C=O) groups is 1.